The first-order chi connectivity index (χ1) is 10.8. The highest BCUT2D eigenvalue weighted by Gasteiger charge is 2.28. The molecule has 1 heterocycles. The highest BCUT2D eigenvalue weighted by Crippen LogP contribution is 2.26. The van der Waals surface area contributed by atoms with Crippen LogP contribution < -0.4 is 0 Å². The third-order valence-electron chi connectivity index (χ3n) is 3.58. The molecular weight excluding hydrogens is 280 g/mol. The van der Waals surface area contributed by atoms with Crippen molar-refractivity contribution in [3.8, 4) is 0 Å². The van der Waals surface area contributed by atoms with E-state index in [4.69, 9.17) is 9.47 Å². The molecule has 0 amide bonds. The molecule has 1 aliphatic carbocycles. The van der Waals surface area contributed by atoms with Gasteiger partial charge in [-0.3, -0.25) is 9.59 Å². The molecule has 0 aromatic heterocycles. The first-order valence-electron chi connectivity index (χ1n) is 7.22. The molecule has 1 aliphatic heterocycles. The largest absolute Gasteiger partial charge is 0.377 e. The van der Waals surface area contributed by atoms with Crippen molar-refractivity contribution in [1.29, 1.82) is 0 Å². The number of carbonyl (C=O) groups excluding carboxylic acids is 2. The maximum Gasteiger partial charge on any atom is 0.194 e. The molecule has 112 valence electrons. The van der Waals surface area contributed by atoms with Crippen molar-refractivity contribution in [3.63, 3.8) is 0 Å². The van der Waals surface area contributed by atoms with Crippen LogP contribution in [0.2, 0.25) is 0 Å². The minimum atomic E-state index is -0.0641. The summed E-state index contributed by atoms with van der Waals surface area (Å²) >= 11 is 0. The quantitative estimate of drug-likeness (QED) is 0.639. The van der Waals surface area contributed by atoms with Crippen LogP contribution in [-0.4, -0.2) is 38.0 Å². The first kappa shape index (κ1) is 14.6. The molecule has 0 bridgehead atoms. The number of hydrogen-bond acceptors (Lipinski definition) is 4. The van der Waals surface area contributed by atoms with E-state index >= 15 is 0 Å². The molecule has 22 heavy (non-hydrogen) atoms. The lowest BCUT2D eigenvalue weighted by Crippen LogP contribution is -2.20. The highest BCUT2D eigenvalue weighted by molar-refractivity contribution is 6.28. The zero-order valence-electron chi connectivity index (χ0n) is 12.1. The van der Waals surface area contributed by atoms with Crippen LogP contribution in [0.5, 0.6) is 0 Å². The lowest BCUT2D eigenvalue weighted by atomic mass is 9.84. The van der Waals surface area contributed by atoms with Crippen LogP contribution in [0.15, 0.2) is 48.5 Å². The van der Waals surface area contributed by atoms with Crippen molar-refractivity contribution in [2.24, 2.45) is 0 Å². The van der Waals surface area contributed by atoms with Crippen LogP contribution in [0.4, 0.5) is 0 Å². The van der Waals surface area contributed by atoms with Gasteiger partial charge in [-0.1, -0.05) is 48.5 Å². The van der Waals surface area contributed by atoms with E-state index in [1.165, 1.54) is 0 Å². The summed E-state index contributed by atoms with van der Waals surface area (Å²) in [5, 5.41) is 0. The topological polar surface area (TPSA) is 52.6 Å². The minimum absolute atomic E-state index is 0.0641. The number of benzene rings is 2. The Balaban J connectivity index is 0.000000202. The van der Waals surface area contributed by atoms with E-state index in [9.17, 15) is 9.59 Å². The number of ether oxygens (including phenoxy) is 2. The molecule has 0 atom stereocenters. The molecule has 2 aliphatic rings. The summed E-state index contributed by atoms with van der Waals surface area (Å²) in [6.45, 7) is 3.11. The Labute approximate surface area is 128 Å². The van der Waals surface area contributed by atoms with E-state index in [-0.39, 0.29) is 11.6 Å². The van der Waals surface area contributed by atoms with Crippen molar-refractivity contribution in [2.45, 2.75) is 0 Å². The van der Waals surface area contributed by atoms with E-state index in [1.807, 2.05) is 0 Å². The predicted octanol–water partition coefficient (Wildman–Crippen LogP) is 2.50. The molecule has 0 N–H and O–H groups in total. The molecule has 1 saturated heterocycles. The molecule has 4 rings (SSSR count). The van der Waals surface area contributed by atoms with Gasteiger partial charge in [-0.2, -0.15) is 0 Å². The Morgan fingerprint density at radius 2 is 0.818 bits per heavy atom. The van der Waals surface area contributed by atoms with Crippen molar-refractivity contribution in [3.05, 3.63) is 70.8 Å². The minimum Gasteiger partial charge on any atom is -0.377 e. The van der Waals surface area contributed by atoms with Crippen molar-refractivity contribution < 1.29 is 19.1 Å². The molecule has 0 radical (unpaired) electrons. The van der Waals surface area contributed by atoms with Crippen LogP contribution in [0.3, 0.4) is 0 Å². The normalized spacial score (nSPS) is 16.2. The molecule has 0 unspecified atom stereocenters. The molecule has 4 nitrogen and oxygen atoms in total. The third-order valence-corrected chi connectivity index (χ3v) is 3.58. The van der Waals surface area contributed by atoms with Gasteiger partial charge in [0, 0.05) is 22.3 Å². The average Bonchev–Trinajstić information content (AvgIpc) is 2.62. The highest BCUT2D eigenvalue weighted by atomic mass is 16.6. The monoisotopic (exact) mass is 296 g/mol. The molecule has 4 heteroatoms. The van der Waals surface area contributed by atoms with Gasteiger partial charge in [0.25, 0.3) is 0 Å². The smallest absolute Gasteiger partial charge is 0.194 e. The second-order valence-corrected chi connectivity index (χ2v) is 4.97. The second-order valence-electron chi connectivity index (χ2n) is 4.97. The summed E-state index contributed by atoms with van der Waals surface area (Å²) in [5.41, 5.74) is 2.02. The Morgan fingerprint density at radius 3 is 1.05 bits per heavy atom. The molecular formula is C18H16O4. The lowest BCUT2D eigenvalue weighted by Gasteiger charge is -2.16. The maximum absolute atomic E-state index is 12.1. The fraction of sp³-hybridized carbons (Fsp3) is 0.222. The van der Waals surface area contributed by atoms with Crippen LogP contribution in [0, 0.1) is 0 Å². The summed E-state index contributed by atoms with van der Waals surface area (Å²) in [6.07, 6.45) is 0. The van der Waals surface area contributed by atoms with Gasteiger partial charge in [0.15, 0.2) is 11.6 Å². The summed E-state index contributed by atoms with van der Waals surface area (Å²) < 4.78 is 9.89. The Bertz CT molecular complexity index is 585. The fourth-order valence-electron chi connectivity index (χ4n) is 2.49. The van der Waals surface area contributed by atoms with Gasteiger partial charge >= 0.3 is 0 Å². The van der Waals surface area contributed by atoms with Crippen LogP contribution in [0.25, 0.3) is 0 Å². The summed E-state index contributed by atoms with van der Waals surface area (Å²) in [6, 6.07) is 13.9. The summed E-state index contributed by atoms with van der Waals surface area (Å²) in [7, 11) is 0. The molecule has 2 aromatic carbocycles. The van der Waals surface area contributed by atoms with E-state index in [0.29, 0.717) is 22.3 Å². The molecule has 1 fully saturated rings. The van der Waals surface area contributed by atoms with Crippen molar-refractivity contribution >= 4 is 11.6 Å². The third kappa shape index (κ3) is 2.84. The van der Waals surface area contributed by atoms with Gasteiger partial charge in [-0.25, -0.2) is 0 Å². The van der Waals surface area contributed by atoms with Gasteiger partial charge in [-0.15, -0.1) is 0 Å². The van der Waals surface area contributed by atoms with Crippen LogP contribution >= 0.6 is 0 Å². The lowest BCUT2D eigenvalue weighted by molar-refractivity contribution is -0.0334. The van der Waals surface area contributed by atoms with E-state index in [1.54, 1.807) is 48.5 Å². The number of fused-ring (bicyclic) bond motifs is 2. The SMILES string of the molecule is C1COCCO1.O=C1c2ccccc2C(=O)c2ccccc21. The van der Waals surface area contributed by atoms with Crippen molar-refractivity contribution in [2.75, 3.05) is 26.4 Å². The number of ketones is 2. The Kier molecular flexibility index (Phi) is 4.42. The van der Waals surface area contributed by atoms with Crippen molar-refractivity contribution in [1.82, 2.24) is 0 Å². The van der Waals surface area contributed by atoms with E-state index in [0.717, 1.165) is 26.4 Å². The number of carbonyl (C=O) groups is 2. The van der Waals surface area contributed by atoms with Gasteiger partial charge in [-0.05, 0) is 0 Å². The molecule has 0 saturated carbocycles. The van der Waals surface area contributed by atoms with E-state index < -0.39 is 0 Å². The number of rotatable bonds is 0. The molecule has 0 spiro atoms. The Morgan fingerprint density at radius 1 is 0.545 bits per heavy atom. The van der Waals surface area contributed by atoms with Gasteiger partial charge in [0.2, 0.25) is 0 Å². The van der Waals surface area contributed by atoms with Gasteiger partial charge in [0.05, 0.1) is 26.4 Å². The first-order valence-corrected chi connectivity index (χ1v) is 7.22. The zero-order valence-corrected chi connectivity index (χ0v) is 12.1. The van der Waals surface area contributed by atoms with Crippen LogP contribution in [-0.2, 0) is 9.47 Å². The summed E-state index contributed by atoms with van der Waals surface area (Å²) in [5.74, 6) is -0.128. The Hall–Kier alpha value is -2.30. The summed E-state index contributed by atoms with van der Waals surface area (Å²) in [4.78, 5) is 24.2. The number of hydrogen-bond donors (Lipinski definition) is 0. The van der Waals surface area contributed by atoms with Gasteiger partial charge < -0.3 is 9.47 Å². The standard InChI is InChI=1S/C14H8O2.C4H8O2/c15-13-9-5-1-2-6-10(9)14(16)12-8-4-3-7-11(12)13;1-2-6-4-3-5-1/h1-8H;1-4H2. The average molecular weight is 296 g/mol. The molecule has 2 aromatic rings. The van der Waals surface area contributed by atoms with Crippen LogP contribution in [0.1, 0.15) is 31.8 Å². The second kappa shape index (κ2) is 6.64. The van der Waals surface area contributed by atoms with Gasteiger partial charge in [0.1, 0.15) is 0 Å². The maximum atomic E-state index is 12.1. The predicted molar refractivity (Wildman–Crippen MR) is 81.4 cm³/mol. The van der Waals surface area contributed by atoms with E-state index in [2.05, 4.69) is 0 Å². The zero-order chi connectivity index (χ0) is 15.4. The fourth-order valence-corrected chi connectivity index (χ4v) is 2.49.